The lowest BCUT2D eigenvalue weighted by atomic mass is 9.97. The molecule has 3 heterocycles. The highest BCUT2D eigenvalue weighted by Gasteiger charge is 2.19. The minimum Gasteiger partial charge on any atom is -0.246 e. The van der Waals surface area contributed by atoms with Crippen molar-refractivity contribution in [1.82, 2.24) is 15.0 Å². The van der Waals surface area contributed by atoms with E-state index in [0.717, 1.165) is 50.4 Å². The second-order valence-electron chi connectivity index (χ2n) is 11.6. The van der Waals surface area contributed by atoms with E-state index >= 15 is 0 Å². The molecule has 0 aliphatic carbocycles. The van der Waals surface area contributed by atoms with Gasteiger partial charge in [-0.15, -0.1) is 11.3 Å². The van der Waals surface area contributed by atoms with Crippen molar-refractivity contribution < 1.29 is 0 Å². The van der Waals surface area contributed by atoms with Crippen molar-refractivity contribution in [2.24, 2.45) is 0 Å². The fourth-order valence-corrected chi connectivity index (χ4v) is 7.64. The molecule has 0 fully saturated rings. The van der Waals surface area contributed by atoms with Gasteiger partial charge in [0.15, 0.2) is 5.82 Å². The Morgan fingerprint density at radius 2 is 0.957 bits per heavy atom. The van der Waals surface area contributed by atoms with Crippen molar-refractivity contribution in [1.29, 1.82) is 0 Å². The second-order valence-corrected chi connectivity index (χ2v) is 12.7. The van der Waals surface area contributed by atoms with Crippen LogP contribution in [0.5, 0.6) is 0 Å². The van der Waals surface area contributed by atoms with Gasteiger partial charge in [-0.3, -0.25) is 0 Å². The molecule has 3 nitrogen and oxygen atoms in total. The molecule has 0 aliphatic heterocycles. The number of benzene rings is 6. The molecule has 47 heavy (non-hydrogen) atoms. The van der Waals surface area contributed by atoms with Gasteiger partial charge in [-0.05, 0) is 17.7 Å². The van der Waals surface area contributed by atoms with Crippen LogP contribution in [0.3, 0.4) is 0 Å². The zero-order chi connectivity index (χ0) is 31.2. The fraction of sp³-hybridized carbons (Fsp3) is 0. The third kappa shape index (κ3) is 4.87. The minimum absolute atomic E-state index is 0.710. The number of thiophene rings is 1. The lowest BCUT2D eigenvalue weighted by molar-refractivity contribution is 1.18. The molecule has 0 N–H and O–H groups in total. The molecular formula is C43H27N3S. The summed E-state index contributed by atoms with van der Waals surface area (Å²) in [7, 11) is 0. The van der Waals surface area contributed by atoms with Crippen molar-refractivity contribution in [3.05, 3.63) is 164 Å². The number of fused-ring (bicyclic) bond motifs is 5. The standard InChI is InChI=1S/C43H27N3S/c1-4-13-28(14-5-1)33-20-12-21-35-41(33)46-40(39-34-19-10-11-22-38(34)47-42(35)39)31-25-23-30(24-26-31)37-27-36(29-15-6-2-7-16-29)44-43(45-37)32-17-8-3-9-18-32/h1-27H. The second kappa shape index (κ2) is 11.4. The number of rotatable bonds is 5. The maximum atomic E-state index is 5.46. The van der Waals surface area contributed by atoms with E-state index in [1.54, 1.807) is 0 Å². The van der Waals surface area contributed by atoms with Gasteiger partial charge in [0.05, 0.1) is 22.6 Å². The van der Waals surface area contributed by atoms with E-state index in [0.29, 0.717) is 5.82 Å². The van der Waals surface area contributed by atoms with Crippen LogP contribution in [0.15, 0.2) is 164 Å². The molecule has 4 heteroatoms. The molecule has 0 unspecified atom stereocenters. The van der Waals surface area contributed by atoms with Crippen molar-refractivity contribution in [3.8, 4) is 56.3 Å². The minimum atomic E-state index is 0.710. The Morgan fingerprint density at radius 1 is 0.404 bits per heavy atom. The average Bonchev–Trinajstić information content (AvgIpc) is 3.55. The predicted molar refractivity (Wildman–Crippen MR) is 197 cm³/mol. The Morgan fingerprint density at radius 3 is 1.66 bits per heavy atom. The molecule has 0 amide bonds. The summed E-state index contributed by atoms with van der Waals surface area (Å²) in [5, 5.41) is 3.63. The summed E-state index contributed by atoms with van der Waals surface area (Å²) >= 11 is 1.85. The van der Waals surface area contributed by atoms with E-state index < -0.39 is 0 Å². The van der Waals surface area contributed by atoms with Gasteiger partial charge in [0.1, 0.15) is 0 Å². The third-order valence-electron chi connectivity index (χ3n) is 8.70. The first kappa shape index (κ1) is 27.3. The lowest BCUT2D eigenvalue weighted by Crippen LogP contribution is -1.96. The highest BCUT2D eigenvalue weighted by atomic mass is 32.1. The average molecular weight is 618 g/mol. The van der Waals surface area contributed by atoms with E-state index in [9.17, 15) is 0 Å². The van der Waals surface area contributed by atoms with Crippen molar-refractivity contribution in [3.63, 3.8) is 0 Å². The van der Waals surface area contributed by atoms with Crippen LogP contribution in [-0.4, -0.2) is 15.0 Å². The van der Waals surface area contributed by atoms with Crippen LogP contribution >= 0.6 is 11.3 Å². The Hall–Kier alpha value is -5.97. The van der Waals surface area contributed by atoms with Gasteiger partial charge in [0.25, 0.3) is 0 Å². The number of aromatic nitrogens is 3. The molecule has 9 aromatic rings. The first-order valence-corrected chi connectivity index (χ1v) is 16.5. The molecule has 0 spiro atoms. The SMILES string of the molecule is c1ccc(-c2cc(-c3ccc(-c4nc5c(-c6ccccc6)cccc5c5sc6ccccc6c45)cc3)nc(-c3ccccc3)n2)cc1. The zero-order valence-electron chi connectivity index (χ0n) is 25.3. The molecule has 9 rings (SSSR count). The van der Waals surface area contributed by atoms with Crippen LogP contribution in [0, 0.1) is 0 Å². The van der Waals surface area contributed by atoms with E-state index in [-0.39, 0.29) is 0 Å². The van der Waals surface area contributed by atoms with Gasteiger partial charge in [-0.25, -0.2) is 15.0 Å². The monoisotopic (exact) mass is 617 g/mol. The van der Waals surface area contributed by atoms with E-state index in [1.165, 1.54) is 31.1 Å². The Kier molecular flexibility index (Phi) is 6.65. The maximum Gasteiger partial charge on any atom is 0.160 e. The Labute approximate surface area is 276 Å². The lowest BCUT2D eigenvalue weighted by Gasteiger charge is -2.12. The molecule has 3 aromatic heterocycles. The zero-order valence-corrected chi connectivity index (χ0v) is 26.2. The number of para-hydroxylation sites is 1. The summed E-state index contributed by atoms with van der Waals surface area (Å²) in [5.74, 6) is 0.710. The third-order valence-corrected chi connectivity index (χ3v) is 9.91. The summed E-state index contributed by atoms with van der Waals surface area (Å²) in [4.78, 5) is 15.5. The number of nitrogens with zero attached hydrogens (tertiary/aromatic N) is 3. The molecule has 0 atom stereocenters. The van der Waals surface area contributed by atoms with Crippen molar-refractivity contribution in [2.45, 2.75) is 0 Å². The van der Waals surface area contributed by atoms with E-state index in [2.05, 4.69) is 127 Å². The van der Waals surface area contributed by atoms with Gasteiger partial charge in [-0.2, -0.15) is 0 Å². The van der Waals surface area contributed by atoms with E-state index in [1.807, 2.05) is 47.7 Å². The summed E-state index contributed by atoms with van der Waals surface area (Å²) < 4.78 is 2.53. The number of pyridine rings is 1. The molecule has 0 aliphatic rings. The maximum absolute atomic E-state index is 5.46. The first-order chi connectivity index (χ1) is 23.3. The van der Waals surface area contributed by atoms with Crippen molar-refractivity contribution in [2.75, 3.05) is 0 Å². The van der Waals surface area contributed by atoms with Crippen LogP contribution in [0.1, 0.15) is 0 Å². The Bertz CT molecular complexity index is 2480. The van der Waals surface area contributed by atoms with Gasteiger partial charge >= 0.3 is 0 Å². The van der Waals surface area contributed by atoms with Crippen molar-refractivity contribution >= 4 is 42.4 Å². The van der Waals surface area contributed by atoms with Crippen LogP contribution in [0.2, 0.25) is 0 Å². The molecule has 0 saturated carbocycles. The van der Waals surface area contributed by atoms with Gasteiger partial charge in [0.2, 0.25) is 0 Å². The molecule has 6 aromatic carbocycles. The van der Waals surface area contributed by atoms with Gasteiger partial charge in [-0.1, -0.05) is 152 Å². The summed E-state index contributed by atoms with van der Waals surface area (Å²) in [5.41, 5.74) is 10.3. The van der Waals surface area contributed by atoms with Crippen LogP contribution in [-0.2, 0) is 0 Å². The molecular weight excluding hydrogens is 591 g/mol. The van der Waals surface area contributed by atoms with Gasteiger partial charge in [0, 0.05) is 53.4 Å². The first-order valence-electron chi connectivity index (χ1n) is 15.7. The summed E-state index contributed by atoms with van der Waals surface area (Å²) in [6.07, 6.45) is 0. The Balaban J connectivity index is 1.23. The molecule has 0 bridgehead atoms. The van der Waals surface area contributed by atoms with Crippen LogP contribution in [0.25, 0.3) is 87.4 Å². The molecule has 0 radical (unpaired) electrons. The number of hydrogen-bond donors (Lipinski definition) is 0. The quantitative estimate of drug-likeness (QED) is 0.193. The normalized spacial score (nSPS) is 11.4. The topological polar surface area (TPSA) is 38.7 Å². The van der Waals surface area contributed by atoms with Crippen LogP contribution < -0.4 is 0 Å². The van der Waals surface area contributed by atoms with Crippen LogP contribution in [0.4, 0.5) is 0 Å². The fourth-order valence-electron chi connectivity index (χ4n) is 6.41. The smallest absolute Gasteiger partial charge is 0.160 e. The summed E-state index contributed by atoms with van der Waals surface area (Å²) in [6.45, 7) is 0. The molecule has 0 saturated heterocycles. The molecule has 220 valence electrons. The largest absolute Gasteiger partial charge is 0.246 e. The van der Waals surface area contributed by atoms with Gasteiger partial charge < -0.3 is 0 Å². The highest BCUT2D eigenvalue weighted by Crippen LogP contribution is 2.44. The summed E-state index contributed by atoms with van der Waals surface area (Å²) in [6, 6.07) is 57.0. The highest BCUT2D eigenvalue weighted by molar-refractivity contribution is 7.26. The van der Waals surface area contributed by atoms with E-state index in [4.69, 9.17) is 15.0 Å². The number of hydrogen-bond acceptors (Lipinski definition) is 4. The predicted octanol–water partition coefficient (Wildman–Crippen LogP) is 11.7.